The molecule has 1 heterocycles. The molecule has 0 fully saturated rings. The maximum absolute atomic E-state index is 12.5. The number of hydrogen-bond donors (Lipinski definition) is 2. The second-order valence-electron chi connectivity index (χ2n) is 6.22. The van der Waals surface area contributed by atoms with Crippen LogP contribution in [0.2, 0.25) is 0 Å². The lowest BCUT2D eigenvalue weighted by Crippen LogP contribution is -2.30. The van der Waals surface area contributed by atoms with Gasteiger partial charge >= 0.3 is 0 Å². The van der Waals surface area contributed by atoms with Crippen LogP contribution in [0.15, 0.2) is 54.6 Å². The first kappa shape index (κ1) is 17.8. The predicted molar refractivity (Wildman–Crippen MR) is 97.4 cm³/mol. The minimum atomic E-state index is -0.448. The zero-order valence-corrected chi connectivity index (χ0v) is 14.7. The minimum Gasteiger partial charge on any atom is -0.394 e. The van der Waals surface area contributed by atoms with Crippen molar-refractivity contribution >= 4 is 5.91 Å². The molecule has 0 aliphatic carbocycles. The van der Waals surface area contributed by atoms with E-state index in [1.54, 1.807) is 29.1 Å². The van der Waals surface area contributed by atoms with Crippen molar-refractivity contribution in [1.82, 2.24) is 25.5 Å². The Morgan fingerprint density at radius 3 is 2.38 bits per heavy atom. The first-order valence-corrected chi connectivity index (χ1v) is 8.45. The SMILES string of the molecule is CC(C)n1nnc(-c2ccc(C(=O)N[C@H](CO)c3ccccc3)cc2)n1. The molecule has 3 aromatic rings. The van der Waals surface area contributed by atoms with Crippen molar-refractivity contribution in [3.05, 3.63) is 65.7 Å². The molecule has 2 N–H and O–H groups in total. The Balaban J connectivity index is 1.72. The Morgan fingerprint density at radius 2 is 1.81 bits per heavy atom. The number of carbonyl (C=O) groups is 1. The van der Waals surface area contributed by atoms with E-state index in [2.05, 4.69) is 20.7 Å². The molecular weight excluding hydrogens is 330 g/mol. The number of nitrogens with zero attached hydrogens (tertiary/aromatic N) is 4. The first-order chi connectivity index (χ1) is 12.6. The van der Waals surface area contributed by atoms with E-state index in [-0.39, 0.29) is 18.6 Å². The standard InChI is InChI=1S/C19H21N5O2/c1-13(2)24-22-18(21-23-24)15-8-10-16(11-9-15)19(26)20-17(12-25)14-6-4-3-5-7-14/h3-11,13,17,25H,12H2,1-2H3,(H,20,26)/t17-/m1/s1. The smallest absolute Gasteiger partial charge is 0.251 e. The van der Waals surface area contributed by atoms with Gasteiger partial charge in [-0.3, -0.25) is 4.79 Å². The maximum atomic E-state index is 12.5. The van der Waals surface area contributed by atoms with E-state index in [0.717, 1.165) is 11.1 Å². The molecule has 0 unspecified atom stereocenters. The van der Waals surface area contributed by atoms with Gasteiger partial charge in [-0.25, -0.2) is 0 Å². The zero-order valence-electron chi connectivity index (χ0n) is 14.7. The normalized spacial score (nSPS) is 12.2. The average Bonchev–Trinajstić information content (AvgIpc) is 3.17. The molecule has 0 bridgehead atoms. The number of amides is 1. The first-order valence-electron chi connectivity index (χ1n) is 8.45. The van der Waals surface area contributed by atoms with Crippen LogP contribution < -0.4 is 5.32 Å². The summed E-state index contributed by atoms with van der Waals surface area (Å²) in [4.78, 5) is 14.0. The van der Waals surface area contributed by atoms with E-state index in [4.69, 9.17) is 0 Å². The van der Waals surface area contributed by atoms with Crippen molar-refractivity contribution in [3.8, 4) is 11.4 Å². The van der Waals surface area contributed by atoms with Crippen molar-refractivity contribution in [1.29, 1.82) is 0 Å². The Bertz CT molecular complexity index is 859. The summed E-state index contributed by atoms with van der Waals surface area (Å²) in [6, 6.07) is 16.0. The Labute approximate surface area is 151 Å². The summed E-state index contributed by atoms with van der Waals surface area (Å²) in [6.07, 6.45) is 0. The van der Waals surface area contributed by atoms with Gasteiger partial charge in [-0.2, -0.15) is 4.80 Å². The summed E-state index contributed by atoms with van der Waals surface area (Å²) in [5, 5.41) is 24.8. The third kappa shape index (κ3) is 3.94. The van der Waals surface area contributed by atoms with E-state index in [0.29, 0.717) is 11.4 Å². The summed E-state index contributed by atoms with van der Waals surface area (Å²) < 4.78 is 0. The van der Waals surface area contributed by atoms with Gasteiger partial charge in [0.2, 0.25) is 5.82 Å². The van der Waals surface area contributed by atoms with Crippen LogP contribution in [0.1, 0.15) is 41.9 Å². The van der Waals surface area contributed by atoms with Gasteiger partial charge in [0.25, 0.3) is 5.91 Å². The summed E-state index contributed by atoms with van der Waals surface area (Å²) >= 11 is 0. The van der Waals surface area contributed by atoms with Gasteiger partial charge in [0.1, 0.15) is 0 Å². The van der Waals surface area contributed by atoms with Crippen molar-refractivity contribution in [2.75, 3.05) is 6.61 Å². The molecule has 7 heteroatoms. The number of aliphatic hydroxyl groups excluding tert-OH is 1. The van der Waals surface area contributed by atoms with Crippen LogP contribution >= 0.6 is 0 Å². The molecule has 0 saturated carbocycles. The van der Waals surface area contributed by atoms with E-state index in [1.165, 1.54) is 0 Å². The Kier molecular flexibility index (Phi) is 5.38. The second-order valence-corrected chi connectivity index (χ2v) is 6.22. The number of aliphatic hydroxyl groups is 1. The highest BCUT2D eigenvalue weighted by Crippen LogP contribution is 2.17. The molecule has 0 aliphatic heterocycles. The topological polar surface area (TPSA) is 92.9 Å². The highest BCUT2D eigenvalue weighted by atomic mass is 16.3. The predicted octanol–water partition coefficient (Wildman–Crippen LogP) is 2.38. The number of aromatic nitrogens is 4. The van der Waals surface area contributed by atoms with Crippen LogP contribution in [0.5, 0.6) is 0 Å². The molecule has 134 valence electrons. The second kappa shape index (κ2) is 7.88. The molecule has 26 heavy (non-hydrogen) atoms. The molecule has 1 aromatic heterocycles. The number of carbonyl (C=O) groups excluding carboxylic acids is 1. The third-order valence-corrected chi connectivity index (χ3v) is 3.99. The lowest BCUT2D eigenvalue weighted by atomic mass is 10.1. The molecule has 0 saturated heterocycles. The van der Waals surface area contributed by atoms with Crippen molar-refractivity contribution in [2.24, 2.45) is 0 Å². The van der Waals surface area contributed by atoms with Gasteiger partial charge in [0, 0.05) is 11.1 Å². The number of tetrazole rings is 1. The molecule has 1 atom stereocenters. The molecule has 3 rings (SSSR count). The number of hydrogen-bond acceptors (Lipinski definition) is 5. The molecule has 7 nitrogen and oxygen atoms in total. The summed E-state index contributed by atoms with van der Waals surface area (Å²) in [7, 11) is 0. The third-order valence-electron chi connectivity index (χ3n) is 3.99. The zero-order chi connectivity index (χ0) is 18.5. The van der Waals surface area contributed by atoms with Gasteiger partial charge in [-0.15, -0.1) is 10.2 Å². The van der Waals surface area contributed by atoms with Crippen LogP contribution in [0.3, 0.4) is 0 Å². The summed E-state index contributed by atoms with van der Waals surface area (Å²) in [6.45, 7) is 3.78. The van der Waals surface area contributed by atoms with Gasteiger partial charge < -0.3 is 10.4 Å². The highest BCUT2D eigenvalue weighted by molar-refractivity contribution is 5.94. The molecule has 0 aliphatic rings. The lowest BCUT2D eigenvalue weighted by molar-refractivity contribution is 0.0916. The van der Waals surface area contributed by atoms with Crippen LogP contribution in [0.4, 0.5) is 0 Å². The van der Waals surface area contributed by atoms with Gasteiger partial charge in [0.15, 0.2) is 0 Å². The highest BCUT2D eigenvalue weighted by Gasteiger charge is 2.15. The minimum absolute atomic E-state index is 0.134. The monoisotopic (exact) mass is 351 g/mol. The molecule has 2 aromatic carbocycles. The fourth-order valence-corrected chi connectivity index (χ4v) is 2.49. The molecule has 0 radical (unpaired) electrons. The van der Waals surface area contributed by atoms with E-state index in [1.807, 2.05) is 44.2 Å². The number of nitrogens with one attached hydrogen (secondary N) is 1. The van der Waals surface area contributed by atoms with Crippen LogP contribution in [0, 0.1) is 0 Å². The number of rotatable bonds is 6. The summed E-state index contributed by atoms with van der Waals surface area (Å²) in [5.41, 5.74) is 2.14. The quantitative estimate of drug-likeness (QED) is 0.711. The fraction of sp³-hybridized carbons (Fsp3) is 0.263. The molecular formula is C19H21N5O2. The average molecular weight is 351 g/mol. The van der Waals surface area contributed by atoms with Gasteiger partial charge in [0.05, 0.1) is 18.7 Å². The van der Waals surface area contributed by atoms with Gasteiger partial charge in [-0.05, 0) is 36.8 Å². The van der Waals surface area contributed by atoms with Crippen molar-refractivity contribution in [2.45, 2.75) is 25.9 Å². The largest absolute Gasteiger partial charge is 0.394 e. The van der Waals surface area contributed by atoms with Crippen molar-refractivity contribution < 1.29 is 9.90 Å². The van der Waals surface area contributed by atoms with E-state index >= 15 is 0 Å². The number of benzene rings is 2. The Hall–Kier alpha value is -3.06. The maximum Gasteiger partial charge on any atom is 0.251 e. The summed E-state index contributed by atoms with van der Waals surface area (Å²) in [5.74, 6) is 0.265. The van der Waals surface area contributed by atoms with E-state index in [9.17, 15) is 9.90 Å². The van der Waals surface area contributed by atoms with E-state index < -0.39 is 6.04 Å². The van der Waals surface area contributed by atoms with Crippen LogP contribution in [0.25, 0.3) is 11.4 Å². The van der Waals surface area contributed by atoms with Gasteiger partial charge in [-0.1, -0.05) is 42.5 Å². The molecule has 0 spiro atoms. The van der Waals surface area contributed by atoms with Crippen LogP contribution in [-0.2, 0) is 0 Å². The van der Waals surface area contributed by atoms with Crippen LogP contribution in [-0.4, -0.2) is 37.8 Å². The fourth-order valence-electron chi connectivity index (χ4n) is 2.49. The Morgan fingerprint density at radius 1 is 1.12 bits per heavy atom. The molecule has 1 amide bonds. The lowest BCUT2D eigenvalue weighted by Gasteiger charge is -2.16. The van der Waals surface area contributed by atoms with Crippen molar-refractivity contribution in [3.63, 3.8) is 0 Å².